The van der Waals surface area contributed by atoms with Gasteiger partial charge in [0, 0.05) is 6.61 Å². The lowest BCUT2D eigenvalue weighted by Crippen LogP contribution is -2.37. The summed E-state index contributed by atoms with van der Waals surface area (Å²) in [5.41, 5.74) is 0.900. The number of ether oxygens (including phenoxy) is 1. The zero-order valence-electron chi connectivity index (χ0n) is 12.5. The molecule has 1 amide bonds. The van der Waals surface area contributed by atoms with Crippen molar-refractivity contribution >= 4 is 32.6 Å². The van der Waals surface area contributed by atoms with Gasteiger partial charge in [0.1, 0.15) is 0 Å². The highest BCUT2D eigenvalue weighted by Crippen LogP contribution is 2.30. The number of anilines is 1. The van der Waals surface area contributed by atoms with E-state index in [4.69, 9.17) is 9.15 Å². The average molecular weight is 328 g/mol. The summed E-state index contributed by atoms with van der Waals surface area (Å²) in [5, 5.41) is 0.683. The van der Waals surface area contributed by atoms with Crippen molar-refractivity contribution in [3.63, 3.8) is 0 Å². The molecule has 0 N–H and O–H groups in total. The average Bonchev–Trinajstić information content (AvgIpc) is 3.32. The Balaban J connectivity index is 1.69. The second-order valence-corrected chi connectivity index (χ2v) is 6.50. The lowest BCUT2D eigenvalue weighted by Gasteiger charge is -2.22. The van der Waals surface area contributed by atoms with Gasteiger partial charge in [-0.2, -0.15) is 0 Å². The van der Waals surface area contributed by atoms with Gasteiger partial charge in [0.2, 0.25) is 0 Å². The summed E-state index contributed by atoms with van der Waals surface area (Å²) in [5.74, 6) is 0.145. The first-order valence-corrected chi connectivity index (χ1v) is 8.45. The molecule has 1 saturated heterocycles. The molecule has 3 aromatic rings. The minimum Gasteiger partial charge on any atom is -0.459 e. The van der Waals surface area contributed by atoms with Gasteiger partial charge >= 0.3 is 0 Å². The van der Waals surface area contributed by atoms with Crippen LogP contribution in [0.15, 0.2) is 47.1 Å². The molecule has 1 atom stereocenters. The number of nitrogens with zero attached hydrogens (tertiary/aromatic N) is 2. The SMILES string of the molecule is O=C(c1ccco1)N(C[C@@H]1CCCO1)c1nc2ccccc2s1. The standard InChI is InChI=1S/C17H16N2O3S/c20-16(14-7-4-10-22-14)19(11-12-5-3-9-21-12)17-18-13-6-1-2-8-15(13)23-17/h1-2,4,6-8,10,12H,3,5,9,11H2/t12-/m0/s1. The van der Waals surface area contributed by atoms with Crippen molar-refractivity contribution in [2.75, 3.05) is 18.1 Å². The Labute approximate surface area is 137 Å². The summed E-state index contributed by atoms with van der Waals surface area (Å²) in [6, 6.07) is 11.3. The molecule has 3 heterocycles. The predicted molar refractivity (Wildman–Crippen MR) is 89.0 cm³/mol. The van der Waals surface area contributed by atoms with Crippen LogP contribution in [0.3, 0.4) is 0 Å². The van der Waals surface area contributed by atoms with Crippen LogP contribution in [0.25, 0.3) is 10.2 Å². The van der Waals surface area contributed by atoms with Gasteiger partial charge < -0.3 is 9.15 Å². The Hall–Kier alpha value is -2.18. The molecule has 6 heteroatoms. The molecule has 0 spiro atoms. The van der Waals surface area contributed by atoms with E-state index in [1.54, 1.807) is 17.0 Å². The van der Waals surface area contributed by atoms with Crippen LogP contribution >= 0.6 is 11.3 Å². The van der Waals surface area contributed by atoms with E-state index < -0.39 is 0 Å². The third kappa shape index (κ3) is 2.87. The van der Waals surface area contributed by atoms with E-state index in [9.17, 15) is 4.79 Å². The van der Waals surface area contributed by atoms with E-state index in [1.165, 1.54) is 17.6 Å². The maximum atomic E-state index is 12.8. The van der Waals surface area contributed by atoms with Crippen LogP contribution in [0.2, 0.25) is 0 Å². The first kappa shape index (κ1) is 14.4. The van der Waals surface area contributed by atoms with Crippen molar-refractivity contribution in [2.45, 2.75) is 18.9 Å². The zero-order chi connectivity index (χ0) is 15.6. The maximum absolute atomic E-state index is 12.8. The van der Waals surface area contributed by atoms with Crippen LogP contribution in [-0.2, 0) is 4.74 Å². The van der Waals surface area contributed by atoms with Crippen molar-refractivity contribution in [1.29, 1.82) is 0 Å². The van der Waals surface area contributed by atoms with Crippen molar-refractivity contribution in [1.82, 2.24) is 4.98 Å². The molecule has 4 rings (SSSR count). The molecule has 0 aliphatic carbocycles. The second-order valence-electron chi connectivity index (χ2n) is 5.49. The number of amides is 1. The Bertz CT molecular complexity index is 773. The molecule has 0 bridgehead atoms. The fourth-order valence-corrected chi connectivity index (χ4v) is 3.72. The van der Waals surface area contributed by atoms with Gasteiger partial charge in [0.15, 0.2) is 10.9 Å². The number of furan rings is 1. The molecule has 2 aromatic heterocycles. The number of hydrogen-bond donors (Lipinski definition) is 0. The molecule has 1 aromatic carbocycles. The fourth-order valence-electron chi connectivity index (χ4n) is 2.75. The van der Waals surface area contributed by atoms with Gasteiger partial charge in [-0.1, -0.05) is 23.5 Å². The summed E-state index contributed by atoms with van der Waals surface area (Å²) < 4.78 is 12.0. The lowest BCUT2D eigenvalue weighted by molar-refractivity contribution is 0.0895. The molecule has 0 saturated carbocycles. The molecule has 23 heavy (non-hydrogen) atoms. The van der Waals surface area contributed by atoms with E-state index in [0.717, 1.165) is 29.7 Å². The summed E-state index contributed by atoms with van der Waals surface area (Å²) in [6.07, 6.45) is 3.57. The maximum Gasteiger partial charge on any atom is 0.295 e. The largest absolute Gasteiger partial charge is 0.459 e. The van der Waals surface area contributed by atoms with Crippen molar-refractivity contribution in [3.8, 4) is 0 Å². The highest BCUT2D eigenvalue weighted by Gasteiger charge is 2.28. The summed E-state index contributed by atoms with van der Waals surface area (Å²) in [4.78, 5) is 19.1. The zero-order valence-corrected chi connectivity index (χ0v) is 13.3. The minimum atomic E-state index is -0.176. The molecule has 1 fully saturated rings. The number of hydrogen-bond acceptors (Lipinski definition) is 5. The normalized spacial score (nSPS) is 17.7. The fraction of sp³-hybridized carbons (Fsp3) is 0.294. The van der Waals surface area contributed by atoms with E-state index in [2.05, 4.69) is 4.98 Å². The highest BCUT2D eigenvalue weighted by atomic mass is 32.1. The molecule has 1 aliphatic rings. The van der Waals surface area contributed by atoms with Crippen LogP contribution < -0.4 is 4.90 Å². The van der Waals surface area contributed by atoms with E-state index >= 15 is 0 Å². The van der Waals surface area contributed by atoms with Crippen LogP contribution in [0.4, 0.5) is 5.13 Å². The minimum absolute atomic E-state index is 0.0564. The first-order valence-electron chi connectivity index (χ1n) is 7.64. The lowest BCUT2D eigenvalue weighted by atomic mass is 10.2. The monoisotopic (exact) mass is 328 g/mol. The van der Waals surface area contributed by atoms with Crippen molar-refractivity contribution < 1.29 is 13.9 Å². The molecular weight excluding hydrogens is 312 g/mol. The Morgan fingerprint density at radius 3 is 2.96 bits per heavy atom. The van der Waals surface area contributed by atoms with Crippen LogP contribution in [-0.4, -0.2) is 30.1 Å². The number of thiazole rings is 1. The summed E-state index contributed by atoms with van der Waals surface area (Å²) in [6.45, 7) is 1.26. The Morgan fingerprint density at radius 2 is 2.22 bits per heavy atom. The first-order chi connectivity index (χ1) is 11.3. The molecule has 0 unspecified atom stereocenters. The molecule has 0 radical (unpaired) electrons. The predicted octanol–water partition coefficient (Wildman–Crippen LogP) is 3.72. The van der Waals surface area contributed by atoms with Crippen LogP contribution in [0, 0.1) is 0 Å². The quantitative estimate of drug-likeness (QED) is 0.732. The van der Waals surface area contributed by atoms with Gasteiger partial charge in [0.25, 0.3) is 5.91 Å². The number of fused-ring (bicyclic) bond motifs is 1. The summed E-state index contributed by atoms with van der Waals surface area (Å²) in [7, 11) is 0. The number of rotatable bonds is 4. The third-order valence-electron chi connectivity index (χ3n) is 3.90. The number of carbonyl (C=O) groups is 1. The third-order valence-corrected chi connectivity index (χ3v) is 4.96. The van der Waals surface area contributed by atoms with Gasteiger partial charge in [0.05, 0.1) is 29.1 Å². The number of aromatic nitrogens is 1. The van der Waals surface area contributed by atoms with Gasteiger partial charge in [-0.05, 0) is 37.1 Å². The highest BCUT2D eigenvalue weighted by molar-refractivity contribution is 7.22. The topological polar surface area (TPSA) is 55.6 Å². The van der Waals surface area contributed by atoms with Gasteiger partial charge in [-0.25, -0.2) is 4.98 Å². The molecule has 5 nitrogen and oxygen atoms in total. The van der Waals surface area contributed by atoms with Crippen LogP contribution in [0.5, 0.6) is 0 Å². The van der Waals surface area contributed by atoms with E-state index in [0.29, 0.717) is 17.4 Å². The van der Waals surface area contributed by atoms with Crippen LogP contribution in [0.1, 0.15) is 23.4 Å². The summed E-state index contributed by atoms with van der Waals surface area (Å²) >= 11 is 1.51. The Kier molecular flexibility index (Phi) is 3.85. The van der Waals surface area contributed by atoms with Gasteiger partial charge in [-0.3, -0.25) is 9.69 Å². The molecule has 1 aliphatic heterocycles. The second kappa shape index (κ2) is 6.14. The number of carbonyl (C=O) groups excluding carboxylic acids is 1. The Morgan fingerprint density at radius 1 is 1.30 bits per heavy atom. The number of para-hydroxylation sites is 1. The van der Waals surface area contributed by atoms with E-state index in [-0.39, 0.29) is 12.0 Å². The van der Waals surface area contributed by atoms with Crippen molar-refractivity contribution in [3.05, 3.63) is 48.4 Å². The van der Waals surface area contributed by atoms with Gasteiger partial charge in [-0.15, -0.1) is 0 Å². The van der Waals surface area contributed by atoms with E-state index in [1.807, 2.05) is 24.3 Å². The van der Waals surface area contributed by atoms with Crippen molar-refractivity contribution in [2.24, 2.45) is 0 Å². The number of benzene rings is 1. The molecular formula is C17H16N2O3S. The molecule has 118 valence electrons. The smallest absolute Gasteiger partial charge is 0.295 e.